The topological polar surface area (TPSA) is 15.7 Å². The van der Waals surface area contributed by atoms with Crippen molar-refractivity contribution in [2.45, 2.75) is 70.1 Å². The number of nitrogens with zero attached hydrogens (tertiary/aromatic N) is 2. The molecule has 11 aromatic rings. The number of anilines is 6. The quantitative estimate of drug-likeness (QED) is 0.127. The maximum Gasteiger partial charge on any atom is 0.251 e. The number of ether oxygens (including phenoxy) is 1. The van der Waals surface area contributed by atoms with Crippen LogP contribution in [0.3, 0.4) is 0 Å². The average molecular weight is 1050 g/mol. The van der Waals surface area contributed by atoms with Crippen LogP contribution in [0.25, 0.3) is 0 Å². The van der Waals surface area contributed by atoms with Crippen LogP contribution in [0.5, 0.6) is 11.5 Å². The van der Waals surface area contributed by atoms with E-state index in [1.165, 1.54) is 77.6 Å². The van der Waals surface area contributed by atoms with Gasteiger partial charge in [-0.05, 0) is 126 Å². The van der Waals surface area contributed by atoms with Gasteiger partial charge in [0.05, 0.1) is 33.6 Å². The van der Waals surface area contributed by atoms with E-state index in [4.69, 9.17) is 4.74 Å². The van der Waals surface area contributed by atoms with Gasteiger partial charge < -0.3 is 14.5 Å². The highest BCUT2D eigenvalue weighted by molar-refractivity contribution is 6.97. The molecule has 11 aromatic carbocycles. The van der Waals surface area contributed by atoms with Gasteiger partial charge in [0.2, 0.25) is 0 Å². The maximum atomic E-state index is 7.61. The molecule has 0 radical (unpaired) electrons. The third-order valence-corrected chi connectivity index (χ3v) is 17.8. The van der Waals surface area contributed by atoms with Crippen LogP contribution in [0.4, 0.5) is 34.1 Å². The van der Waals surface area contributed by atoms with Crippen LogP contribution < -0.4 is 30.9 Å². The van der Waals surface area contributed by atoms with E-state index in [-0.39, 0.29) is 18.5 Å². The van der Waals surface area contributed by atoms with E-state index in [9.17, 15) is 0 Å². The highest BCUT2D eigenvalue weighted by Gasteiger charge is 2.49. The molecule has 3 aliphatic heterocycles. The summed E-state index contributed by atoms with van der Waals surface area (Å²) in [6.07, 6.45) is 0. The molecule has 0 saturated heterocycles. The van der Waals surface area contributed by atoms with Gasteiger partial charge in [0.25, 0.3) is 6.71 Å². The molecule has 0 spiro atoms. The predicted octanol–water partition coefficient (Wildman–Crippen LogP) is 18.0. The largest absolute Gasteiger partial charge is 0.458 e. The van der Waals surface area contributed by atoms with E-state index in [0.29, 0.717) is 5.92 Å². The van der Waals surface area contributed by atoms with Crippen LogP contribution in [0, 0.1) is 0 Å². The molecule has 4 heteroatoms. The maximum absolute atomic E-state index is 7.61. The SMILES string of the molecule is CC(C)c1cc(C(C)C)c(B2c3ccc(N4c5ccccc5C(c5ccccc5)(c5ccccc5)c5ccccc54)cc3Oc3cc(N4c5ccccc5C(c5ccccc5)(c5ccccc5)c5ccccc54)ccc32)c(C(C)C)c1. The highest BCUT2D eigenvalue weighted by Crippen LogP contribution is 2.60. The molecular formula is C77H65BN2O. The van der Waals surface area contributed by atoms with Crippen LogP contribution in [0.2, 0.25) is 0 Å². The number of rotatable bonds is 10. The fourth-order valence-electron chi connectivity index (χ4n) is 14.3. The standard InChI is InChI=1S/C77H65BN2O/c1-51(2)54-47-61(52(3)4)75(62(48-54)53(5)6)78-67-45-43-59(79-69-39-23-19-35-63(69)76(55-27-11-7-12-28-55,56-29-13-8-14-30-56)64-36-20-24-40-70(64)79)49-73(67)81-74-50-60(44-46-68(74)78)80-71-41-25-21-37-65(71)77(57-31-15-9-16-32-57,58-33-17-10-18-34-58)66-38-22-26-42-72(66)80/h7-53H,1-6H3. The number of benzene rings is 11. The van der Waals surface area contributed by atoms with Crippen molar-refractivity contribution in [2.75, 3.05) is 9.80 Å². The number of hydrogen-bond donors (Lipinski definition) is 0. The van der Waals surface area contributed by atoms with E-state index < -0.39 is 10.8 Å². The molecule has 0 saturated carbocycles. The first kappa shape index (κ1) is 50.1. The molecule has 0 N–H and O–H groups in total. The average Bonchev–Trinajstić information content (AvgIpc) is 2.82. The Kier molecular flexibility index (Phi) is 12.3. The van der Waals surface area contributed by atoms with Crippen LogP contribution >= 0.6 is 0 Å². The van der Waals surface area contributed by atoms with Crippen molar-refractivity contribution >= 4 is 57.2 Å². The predicted molar refractivity (Wildman–Crippen MR) is 339 cm³/mol. The lowest BCUT2D eigenvalue weighted by molar-refractivity contribution is 0.487. The second-order valence-corrected chi connectivity index (χ2v) is 23.3. The third-order valence-electron chi connectivity index (χ3n) is 17.8. The van der Waals surface area contributed by atoms with Gasteiger partial charge in [0.1, 0.15) is 11.5 Å². The summed E-state index contributed by atoms with van der Waals surface area (Å²) in [7, 11) is 0. The summed E-state index contributed by atoms with van der Waals surface area (Å²) >= 11 is 0. The van der Waals surface area contributed by atoms with Gasteiger partial charge in [-0.1, -0.05) is 265 Å². The first-order valence-electron chi connectivity index (χ1n) is 29.0. The first-order valence-corrected chi connectivity index (χ1v) is 29.0. The smallest absolute Gasteiger partial charge is 0.251 e. The molecule has 0 bridgehead atoms. The highest BCUT2D eigenvalue weighted by atomic mass is 16.5. The Morgan fingerprint density at radius 2 is 0.617 bits per heavy atom. The Morgan fingerprint density at radius 1 is 0.321 bits per heavy atom. The van der Waals surface area contributed by atoms with Gasteiger partial charge in [-0.25, -0.2) is 0 Å². The first-order chi connectivity index (χ1) is 39.7. The van der Waals surface area contributed by atoms with Crippen molar-refractivity contribution in [3.05, 3.63) is 328 Å². The zero-order valence-corrected chi connectivity index (χ0v) is 47.0. The lowest BCUT2D eigenvalue weighted by Crippen LogP contribution is -2.57. The van der Waals surface area contributed by atoms with Gasteiger partial charge in [-0.3, -0.25) is 0 Å². The molecule has 0 unspecified atom stereocenters. The van der Waals surface area contributed by atoms with Crippen molar-refractivity contribution in [2.24, 2.45) is 0 Å². The molecule has 0 aromatic heterocycles. The van der Waals surface area contributed by atoms with Crippen LogP contribution in [-0.4, -0.2) is 6.71 Å². The third kappa shape index (κ3) is 7.71. The van der Waals surface area contributed by atoms with E-state index in [1.54, 1.807) is 0 Å². The summed E-state index contributed by atoms with van der Waals surface area (Å²) < 4.78 is 7.61. The van der Waals surface area contributed by atoms with Crippen molar-refractivity contribution in [3.63, 3.8) is 0 Å². The Morgan fingerprint density at radius 3 is 0.914 bits per heavy atom. The van der Waals surface area contributed by atoms with Crippen molar-refractivity contribution in [1.29, 1.82) is 0 Å². The summed E-state index contributed by atoms with van der Waals surface area (Å²) in [5, 5.41) is 0. The van der Waals surface area contributed by atoms with Crippen molar-refractivity contribution in [3.8, 4) is 11.5 Å². The Balaban J connectivity index is 0.992. The monoisotopic (exact) mass is 1040 g/mol. The minimum absolute atomic E-state index is 0.0997. The second-order valence-electron chi connectivity index (χ2n) is 23.3. The van der Waals surface area contributed by atoms with E-state index in [2.05, 4.69) is 318 Å². The van der Waals surface area contributed by atoms with Crippen LogP contribution in [0.1, 0.15) is 120 Å². The normalized spacial score (nSPS) is 14.4. The molecule has 3 heterocycles. The van der Waals surface area contributed by atoms with Gasteiger partial charge in [-0.15, -0.1) is 0 Å². The summed E-state index contributed by atoms with van der Waals surface area (Å²) in [6, 6.07) is 99.5. The fraction of sp³-hybridized carbons (Fsp3) is 0.143. The zero-order chi connectivity index (χ0) is 55.0. The minimum atomic E-state index is -0.576. The molecular weight excluding hydrogens is 980 g/mol. The van der Waals surface area contributed by atoms with Crippen molar-refractivity contribution in [1.82, 2.24) is 0 Å². The molecule has 392 valence electrons. The summed E-state index contributed by atoms with van der Waals surface area (Å²) in [5.41, 5.74) is 23.2. The van der Waals surface area contributed by atoms with Gasteiger partial charge in [0.15, 0.2) is 0 Å². The summed E-state index contributed by atoms with van der Waals surface area (Å²) in [5.74, 6) is 2.70. The number of fused-ring (bicyclic) bond motifs is 6. The van der Waals surface area contributed by atoms with E-state index in [1.807, 2.05) is 0 Å². The second kappa shape index (κ2) is 19.9. The summed E-state index contributed by atoms with van der Waals surface area (Å²) in [6.45, 7) is 14.0. The Bertz CT molecular complexity index is 3710. The lowest BCUT2D eigenvalue weighted by Gasteiger charge is -2.46. The minimum Gasteiger partial charge on any atom is -0.458 e. The molecule has 0 aliphatic carbocycles. The van der Waals surface area contributed by atoms with Crippen LogP contribution in [0.15, 0.2) is 267 Å². The van der Waals surface area contributed by atoms with Crippen molar-refractivity contribution < 1.29 is 4.74 Å². The molecule has 3 nitrogen and oxygen atoms in total. The molecule has 14 rings (SSSR count). The van der Waals surface area contributed by atoms with Crippen LogP contribution in [-0.2, 0) is 10.8 Å². The number of para-hydroxylation sites is 4. The molecule has 81 heavy (non-hydrogen) atoms. The van der Waals surface area contributed by atoms with Gasteiger partial charge in [-0.2, -0.15) is 0 Å². The zero-order valence-electron chi connectivity index (χ0n) is 47.0. The molecule has 0 atom stereocenters. The van der Waals surface area contributed by atoms with Gasteiger partial charge >= 0.3 is 0 Å². The Labute approximate surface area is 478 Å². The fourth-order valence-corrected chi connectivity index (χ4v) is 14.3. The van der Waals surface area contributed by atoms with E-state index in [0.717, 1.165) is 45.6 Å². The number of hydrogen-bond acceptors (Lipinski definition) is 3. The lowest BCUT2D eigenvalue weighted by atomic mass is 9.34. The molecule has 0 amide bonds. The van der Waals surface area contributed by atoms with Gasteiger partial charge in [0, 0.05) is 23.5 Å². The Hall–Kier alpha value is -9.12. The molecule has 3 aliphatic rings. The summed E-state index contributed by atoms with van der Waals surface area (Å²) in [4.78, 5) is 4.95. The van der Waals surface area contributed by atoms with E-state index >= 15 is 0 Å². The molecule has 0 fully saturated rings.